The number of likely N-dealkylation sites (N-methyl/N-ethyl adjacent to an activating group) is 1. The predicted octanol–water partition coefficient (Wildman–Crippen LogP) is 3.70. The van der Waals surface area contributed by atoms with Gasteiger partial charge in [-0.25, -0.2) is 4.39 Å². The molecule has 1 N–H and O–H groups in total. The molecule has 0 aliphatic carbocycles. The van der Waals surface area contributed by atoms with E-state index >= 15 is 0 Å². The molecule has 1 aliphatic heterocycles. The lowest BCUT2D eigenvalue weighted by molar-refractivity contribution is -0.0130. The molecule has 1 fully saturated rings. The summed E-state index contributed by atoms with van der Waals surface area (Å²) >= 11 is 5.80. The van der Waals surface area contributed by atoms with Crippen molar-refractivity contribution >= 4 is 11.6 Å². The van der Waals surface area contributed by atoms with Crippen LogP contribution >= 0.6 is 11.6 Å². The van der Waals surface area contributed by atoms with E-state index in [2.05, 4.69) is 5.32 Å². The largest absolute Gasteiger partial charge is 0.373 e. The first-order valence-electron chi connectivity index (χ1n) is 6.39. The van der Waals surface area contributed by atoms with Gasteiger partial charge in [-0.15, -0.1) is 0 Å². The van der Waals surface area contributed by atoms with Crippen molar-refractivity contribution in [3.05, 3.63) is 34.6 Å². The Bertz CT molecular complexity index is 418. The summed E-state index contributed by atoms with van der Waals surface area (Å²) in [5, 5.41) is 3.75. The molecule has 0 spiro atoms. The monoisotopic (exact) mass is 271 g/mol. The number of nitrogens with one attached hydrogen (secondary N) is 1. The first-order valence-corrected chi connectivity index (χ1v) is 6.77. The van der Waals surface area contributed by atoms with E-state index in [1.54, 1.807) is 12.1 Å². The summed E-state index contributed by atoms with van der Waals surface area (Å²) in [7, 11) is 0. The van der Waals surface area contributed by atoms with Gasteiger partial charge < -0.3 is 10.1 Å². The molecule has 2 unspecified atom stereocenters. The molecule has 0 amide bonds. The molecule has 1 aromatic carbocycles. The van der Waals surface area contributed by atoms with Gasteiger partial charge in [0.05, 0.1) is 11.6 Å². The summed E-state index contributed by atoms with van der Waals surface area (Å²) in [6, 6.07) is 4.70. The average Bonchev–Trinajstić information content (AvgIpc) is 2.75. The van der Waals surface area contributed by atoms with Gasteiger partial charge in [0.25, 0.3) is 0 Å². The van der Waals surface area contributed by atoms with E-state index < -0.39 is 0 Å². The van der Waals surface area contributed by atoms with E-state index in [0.29, 0.717) is 10.6 Å². The third kappa shape index (κ3) is 2.68. The van der Waals surface area contributed by atoms with Crippen molar-refractivity contribution in [1.82, 2.24) is 5.32 Å². The quantitative estimate of drug-likeness (QED) is 0.902. The molecule has 4 heteroatoms. The van der Waals surface area contributed by atoms with Crippen LogP contribution in [0.1, 0.15) is 38.3 Å². The second kappa shape index (κ2) is 5.55. The molecule has 2 nitrogen and oxygen atoms in total. The topological polar surface area (TPSA) is 21.3 Å². The second-order valence-electron chi connectivity index (χ2n) is 4.92. The maximum absolute atomic E-state index is 14.1. The normalized spacial score (nSPS) is 25.3. The van der Waals surface area contributed by atoms with Crippen LogP contribution < -0.4 is 5.32 Å². The number of hydrogen-bond acceptors (Lipinski definition) is 2. The fourth-order valence-corrected chi connectivity index (χ4v) is 2.78. The molecule has 1 saturated heterocycles. The Labute approximate surface area is 112 Å². The summed E-state index contributed by atoms with van der Waals surface area (Å²) in [6.07, 6.45) is 1.96. The van der Waals surface area contributed by atoms with Crippen LogP contribution in [-0.2, 0) is 4.74 Å². The van der Waals surface area contributed by atoms with E-state index in [0.717, 1.165) is 26.0 Å². The number of ether oxygens (including phenoxy) is 1. The molecule has 1 aromatic rings. The molecule has 100 valence electrons. The van der Waals surface area contributed by atoms with Gasteiger partial charge in [-0.1, -0.05) is 24.6 Å². The fraction of sp³-hybridized carbons (Fsp3) is 0.571. The molecule has 1 aliphatic rings. The Kier molecular flexibility index (Phi) is 4.25. The zero-order valence-corrected chi connectivity index (χ0v) is 11.6. The van der Waals surface area contributed by atoms with Gasteiger partial charge in [0, 0.05) is 17.2 Å². The molecule has 0 radical (unpaired) electrons. The van der Waals surface area contributed by atoms with Crippen LogP contribution in [0.5, 0.6) is 0 Å². The van der Waals surface area contributed by atoms with Gasteiger partial charge in [-0.3, -0.25) is 0 Å². The summed E-state index contributed by atoms with van der Waals surface area (Å²) in [4.78, 5) is 0. The molecule has 0 bridgehead atoms. The van der Waals surface area contributed by atoms with Gasteiger partial charge in [0.2, 0.25) is 0 Å². The third-order valence-electron chi connectivity index (χ3n) is 3.54. The van der Waals surface area contributed by atoms with Crippen LogP contribution in [0.4, 0.5) is 4.39 Å². The molecule has 2 atom stereocenters. The Morgan fingerprint density at radius 3 is 2.89 bits per heavy atom. The maximum Gasteiger partial charge on any atom is 0.129 e. The van der Waals surface area contributed by atoms with Crippen LogP contribution in [0.25, 0.3) is 0 Å². The van der Waals surface area contributed by atoms with E-state index in [1.165, 1.54) is 6.07 Å². The van der Waals surface area contributed by atoms with Crippen LogP contribution in [0, 0.1) is 5.82 Å². The number of hydrogen-bond donors (Lipinski definition) is 1. The standard InChI is InChI=1S/C14H19ClFNO/c1-3-17-13(14(2)7-4-8-18-14)11-6-5-10(15)9-12(11)16/h5-6,9,13,17H,3-4,7-8H2,1-2H3. The zero-order valence-electron chi connectivity index (χ0n) is 10.8. The highest BCUT2D eigenvalue weighted by Gasteiger charge is 2.39. The maximum atomic E-state index is 14.1. The molecule has 0 aromatic heterocycles. The Balaban J connectivity index is 2.34. The summed E-state index contributed by atoms with van der Waals surface area (Å²) in [6.45, 7) is 5.57. The van der Waals surface area contributed by atoms with Crippen molar-refractivity contribution in [1.29, 1.82) is 0 Å². The van der Waals surface area contributed by atoms with Crippen molar-refractivity contribution in [2.75, 3.05) is 13.2 Å². The van der Waals surface area contributed by atoms with Crippen molar-refractivity contribution in [2.45, 2.75) is 38.3 Å². The van der Waals surface area contributed by atoms with Crippen LogP contribution in [-0.4, -0.2) is 18.8 Å². The average molecular weight is 272 g/mol. The highest BCUT2D eigenvalue weighted by molar-refractivity contribution is 6.30. The molecular weight excluding hydrogens is 253 g/mol. The lowest BCUT2D eigenvalue weighted by Crippen LogP contribution is -2.41. The van der Waals surface area contributed by atoms with Gasteiger partial charge in [-0.05, 0) is 38.4 Å². The summed E-state index contributed by atoms with van der Waals surface area (Å²) in [5.74, 6) is -0.273. The molecule has 18 heavy (non-hydrogen) atoms. The van der Waals surface area contributed by atoms with Crippen molar-refractivity contribution in [2.24, 2.45) is 0 Å². The molecule has 0 saturated carbocycles. The van der Waals surface area contributed by atoms with Crippen molar-refractivity contribution in [3.63, 3.8) is 0 Å². The minimum Gasteiger partial charge on any atom is -0.373 e. The highest BCUT2D eigenvalue weighted by atomic mass is 35.5. The Hall–Kier alpha value is -0.640. The van der Waals surface area contributed by atoms with Gasteiger partial charge in [0.15, 0.2) is 0 Å². The highest BCUT2D eigenvalue weighted by Crippen LogP contribution is 2.38. The fourth-order valence-electron chi connectivity index (χ4n) is 2.62. The van der Waals surface area contributed by atoms with E-state index in [-0.39, 0.29) is 17.5 Å². The minimum absolute atomic E-state index is 0.137. The number of rotatable bonds is 4. The molecule has 2 rings (SSSR count). The summed E-state index contributed by atoms with van der Waals surface area (Å²) < 4.78 is 19.9. The Morgan fingerprint density at radius 2 is 2.33 bits per heavy atom. The molecule has 1 heterocycles. The van der Waals surface area contributed by atoms with Gasteiger partial charge >= 0.3 is 0 Å². The lowest BCUT2D eigenvalue weighted by atomic mass is 9.87. The predicted molar refractivity (Wildman–Crippen MR) is 71.4 cm³/mol. The first kappa shape index (κ1) is 13.8. The van der Waals surface area contributed by atoms with Gasteiger partial charge in [0.1, 0.15) is 5.82 Å². The summed E-state index contributed by atoms with van der Waals surface area (Å²) in [5.41, 5.74) is 0.288. The van der Waals surface area contributed by atoms with Gasteiger partial charge in [-0.2, -0.15) is 0 Å². The van der Waals surface area contributed by atoms with Crippen LogP contribution in [0.3, 0.4) is 0 Å². The lowest BCUT2D eigenvalue weighted by Gasteiger charge is -2.34. The van der Waals surface area contributed by atoms with E-state index in [1.807, 2.05) is 13.8 Å². The Morgan fingerprint density at radius 1 is 1.56 bits per heavy atom. The third-order valence-corrected chi connectivity index (χ3v) is 3.78. The number of benzene rings is 1. The van der Waals surface area contributed by atoms with Crippen LogP contribution in [0.2, 0.25) is 5.02 Å². The van der Waals surface area contributed by atoms with Crippen LogP contribution in [0.15, 0.2) is 18.2 Å². The number of halogens is 2. The van der Waals surface area contributed by atoms with E-state index in [9.17, 15) is 4.39 Å². The first-order chi connectivity index (χ1) is 8.57. The SMILES string of the molecule is CCNC(c1ccc(Cl)cc1F)C1(C)CCCO1. The van der Waals surface area contributed by atoms with Crippen molar-refractivity contribution < 1.29 is 9.13 Å². The zero-order chi connectivity index (χ0) is 13.2. The minimum atomic E-state index is -0.343. The van der Waals surface area contributed by atoms with Crippen molar-refractivity contribution in [3.8, 4) is 0 Å². The molecular formula is C14H19ClFNO. The second-order valence-corrected chi connectivity index (χ2v) is 5.36. The smallest absolute Gasteiger partial charge is 0.129 e. The van der Waals surface area contributed by atoms with E-state index in [4.69, 9.17) is 16.3 Å².